The van der Waals surface area contributed by atoms with Crippen molar-refractivity contribution in [2.24, 2.45) is 0 Å². The zero-order chi connectivity index (χ0) is 10.8. The molecule has 0 spiro atoms. The smallest absolute Gasteiger partial charge is 0.128 e. The maximum absolute atomic E-state index is 10.4. The number of aromatic nitrogens is 1. The zero-order valence-corrected chi connectivity index (χ0v) is 8.53. The number of aromatic hydroxyl groups is 1. The Labute approximate surface area is 87.7 Å². The summed E-state index contributed by atoms with van der Waals surface area (Å²) in [6.07, 6.45) is 3.10. The molecule has 1 atom stereocenters. The van der Waals surface area contributed by atoms with Crippen LogP contribution in [0.2, 0.25) is 0 Å². The second kappa shape index (κ2) is 3.77. The van der Waals surface area contributed by atoms with Gasteiger partial charge in [0.05, 0.1) is 0 Å². The third-order valence-corrected chi connectivity index (χ3v) is 2.72. The summed E-state index contributed by atoms with van der Waals surface area (Å²) in [6.45, 7) is 1.93. The van der Waals surface area contributed by atoms with Gasteiger partial charge in [0, 0.05) is 23.5 Å². The predicted molar refractivity (Wildman–Crippen MR) is 59.1 cm³/mol. The molecule has 1 unspecified atom stereocenters. The molecule has 0 aliphatic carbocycles. The number of hydrogen-bond acceptors (Lipinski definition) is 2. The second-order valence-electron chi connectivity index (χ2n) is 3.75. The van der Waals surface area contributed by atoms with Crippen LogP contribution < -0.4 is 0 Å². The standard InChI is InChI=1S/C12H13NO2/c1-8(5-7-14)9-2-3-11-10(12(9)15)4-6-13-11/h2-4,6-8,13,15H,5H2,1H3. The highest BCUT2D eigenvalue weighted by molar-refractivity contribution is 5.87. The Kier molecular flexibility index (Phi) is 2.46. The number of hydrogen-bond donors (Lipinski definition) is 2. The molecule has 0 saturated carbocycles. The minimum Gasteiger partial charge on any atom is -0.507 e. The van der Waals surface area contributed by atoms with E-state index < -0.39 is 0 Å². The maximum atomic E-state index is 10.4. The number of benzene rings is 1. The molecule has 0 fully saturated rings. The summed E-state index contributed by atoms with van der Waals surface area (Å²) in [6, 6.07) is 5.62. The Balaban J connectivity index is 2.51. The average Bonchev–Trinajstić information content (AvgIpc) is 2.67. The Bertz CT molecular complexity index is 487. The van der Waals surface area contributed by atoms with Gasteiger partial charge in [0.25, 0.3) is 0 Å². The Morgan fingerprint density at radius 2 is 2.27 bits per heavy atom. The first-order chi connectivity index (χ1) is 7.24. The number of carbonyl (C=O) groups is 1. The van der Waals surface area contributed by atoms with Gasteiger partial charge in [-0.05, 0) is 23.6 Å². The molecule has 15 heavy (non-hydrogen) atoms. The van der Waals surface area contributed by atoms with Gasteiger partial charge in [-0.15, -0.1) is 0 Å². The molecule has 2 aromatic rings. The molecule has 78 valence electrons. The molecule has 3 heteroatoms. The van der Waals surface area contributed by atoms with Gasteiger partial charge in [-0.25, -0.2) is 0 Å². The highest BCUT2D eigenvalue weighted by Crippen LogP contribution is 2.33. The molecule has 0 aliphatic heterocycles. The topological polar surface area (TPSA) is 53.1 Å². The van der Waals surface area contributed by atoms with Gasteiger partial charge >= 0.3 is 0 Å². The summed E-state index contributed by atoms with van der Waals surface area (Å²) < 4.78 is 0. The molecule has 3 nitrogen and oxygen atoms in total. The monoisotopic (exact) mass is 203 g/mol. The van der Waals surface area contributed by atoms with Crippen LogP contribution in [0.1, 0.15) is 24.8 Å². The summed E-state index contributed by atoms with van der Waals surface area (Å²) in [5.74, 6) is 0.338. The van der Waals surface area contributed by atoms with Gasteiger partial charge in [0.1, 0.15) is 12.0 Å². The van der Waals surface area contributed by atoms with Crippen LogP contribution in [0.3, 0.4) is 0 Å². The molecule has 1 aromatic heterocycles. The van der Waals surface area contributed by atoms with Crippen LogP contribution in [0.25, 0.3) is 10.9 Å². The van der Waals surface area contributed by atoms with Gasteiger partial charge < -0.3 is 14.9 Å². The first-order valence-corrected chi connectivity index (χ1v) is 4.96. The van der Waals surface area contributed by atoms with Crippen molar-refractivity contribution >= 4 is 17.2 Å². The third kappa shape index (κ3) is 1.61. The first-order valence-electron chi connectivity index (χ1n) is 4.96. The van der Waals surface area contributed by atoms with Crippen LogP contribution >= 0.6 is 0 Å². The van der Waals surface area contributed by atoms with E-state index >= 15 is 0 Å². The Morgan fingerprint density at radius 3 is 3.00 bits per heavy atom. The molecule has 2 N–H and O–H groups in total. The molecule has 2 rings (SSSR count). The molecule has 0 aliphatic rings. The number of aromatic amines is 1. The average molecular weight is 203 g/mol. The van der Waals surface area contributed by atoms with Crippen molar-refractivity contribution in [1.29, 1.82) is 0 Å². The van der Waals surface area contributed by atoms with E-state index in [4.69, 9.17) is 0 Å². The lowest BCUT2D eigenvalue weighted by Crippen LogP contribution is -1.94. The van der Waals surface area contributed by atoms with Gasteiger partial charge in [-0.3, -0.25) is 0 Å². The number of phenolic OH excluding ortho intramolecular Hbond substituents is 1. The largest absolute Gasteiger partial charge is 0.507 e. The lowest BCUT2D eigenvalue weighted by Gasteiger charge is -2.10. The summed E-state index contributed by atoms with van der Waals surface area (Å²) in [5, 5.41) is 10.8. The Hall–Kier alpha value is -1.77. The molecule has 0 radical (unpaired) electrons. The number of phenols is 1. The summed E-state index contributed by atoms with van der Waals surface area (Å²) >= 11 is 0. The summed E-state index contributed by atoms with van der Waals surface area (Å²) in [4.78, 5) is 13.5. The molecule has 0 bridgehead atoms. The van der Waals surface area contributed by atoms with Gasteiger partial charge in [-0.1, -0.05) is 13.0 Å². The molecule has 0 saturated heterocycles. The molecule has 1 aromatic carbocycles. The Morgan fingerprint density at radius 1 is 1.47 bits per heavy atom. The van der Waals surface area contributed by atoms with Crippen molar-refractivity contribution in [2.45, 2.75) is 19.3 Å². The lowest BCUT2D eigenvalue weighted by atomic mass is 9.96. The van der Waals surface area contributed by atoms with Crippen LogP contribution in [-0.2, 0) is 4.79 Å². The molecular weight excluding hydrogens is 190 g/mol. The quantitative estimate of drug-likeness (QED) is 0.753. The van der Waals surface area contributed by atoms with E-state index in [0.29, 0.717) is 6.42 Å². The number of carbonyl (C=O) groups excluding carboxylic acids is 1. The van der Waals surface area contributed by atoms with E-state index in [0.717, 1.165) is 22.8 Å². The molecular formula is C12H13NO2. The van der Waals surface area contributed by atoms with Crippen LogP contribution in [-0.4, -0.2) is 16.4 Å². The van der Waals surface area contributed by atoms with Crippen LogP contribution in [0, 0.1) is 0 Å². The van der Waals surface area contributed by atoms with E-state index in [2.05, 4.69) is 4.98 Å². The highest BCUT2D eigenvalue weighted by atomic mass is 16.3. The van der Waals surface area contributed by atoms with Crippen molar-refractivity contribution in [2.75, 3.05) is 0 Å². The SMILES string of the molecule is CC(CC=O)c1ccc2[nH]ccc2c1O. The van der Waals surface area contributed by atoms with Gasteiger partial charge in [-0.2, -0.15) is 0 Å². The maximum Gasteiger partial charge on any atom is 0.128 e. The number of fused-ring (bicyclic) bond motifs is 1. The van der Waals surface area contributed by atoms with Crippen molar-refractivity contribution in [3.05, 3.63) is 30.0 Å². The molecule has 1 heterocycles. The van der Waals surface area contributed by atoms with Gasteiger partial charge in [0.2, 0.25) is 0 Å². The van der Waals surface area contributed by atoms with Gasteiger partial charge in [0.15, 0.2) is 0 Å². The van der Waals surface area contributed by atoms with E-state index in [9.17, 15) is 9.90 Å². The summed E-state index contributed by atoms with van der Waals surface area (Å²) in [7, 11) is 0. The number of aldehydes is 1. The minimum atomic E-state index is 0.0572. The molecule has 0 amide bonds. The van der Waals surface area contributed by atoms with E-state index in [1.54, 1.807) is 6.20 Å². The number of rotatable bonds is 3. The van der Waals surface area contributed by atoms with E-state index in [-0.39, 0.29) is 11.7 Å². The lowest BCUT2D eigenvalue weighted by molar-refractivity contribution is -0.108. The van der Waals surface area contributed by atoms with Crippen molar-refractivity contribution in [3.8, 4) is 5.75 Å². The first kappa shape index (κ1) is 9.77. The fourth-order valence-electron chi connectivity index (χ4n) is 1.80. The fourth-order valence-corrected chi connectivity index (χ4v) is 1.80. The predicted octanol–water partition coefficient (Wildman–Crippen LogP) is 2.57. The minimum absolute atomic E-state index is 0.0572. The van der Waals surface area contributed by atoms with Crippen LogP contribution in [0.15, 0.2) is 24.4 Å². The van der Waals surface area contributed by atoms with Crippen molar-refractivity contribution in [1.82, 2.24) is 4.98 Å². The van der Waals surface area contributed by atoms with Crippen LogP contribution in [0.4, 0.5) is 0 Å². The second-order valence-corrected chi connectivity index (χ2v) is 3.75. The van der Waals surface area contributed by atoms with Crippen LogP contribution in [0.5, 0.6) is 5.75 Å². The van der Waals surface area contributed by atoms with E-state index in [1.807, 2.05) is 25.1 Å². The zero-order valence-electron chi connectivity index (χ0n) is 8.53. The highest BCUT2D eigenvalue weighted by Gasteiger charge is 2.12. The number of nitrogens with one attached hydrogen (secondary N) is 1. The van der Waals surface area contributed by atoms with Crippen molar-refractivity contribution < 1.29 is 9.90 Å². The van der Waals surface area contributed by atoms with Crippen molar-refractivity contribution in [3.63, 3.8) is 0 Å². The number of H-pyrrole nitrogens is 1. The van der Waals surface area contributed by atoms with E-state index in [1.165, 1.54) is 0 Å². The third-order valence-electron chi connectivity index (χ3n) is 2.72. The fraction of sp³-hybridized carbons (Fsp3) is 0.250. The normalized spacial score (nSPS) is 12.9. The summed E-state index contributed by atoms with van der Waals surface area (Å²) in [5.41, 5.74) is 1.74.